The van der Waals surface area contributed by atoms with Crippen LogP contribution in [0.2, 0.25) is 0 Å². The lowest BCUT2D eigenvalue weighted by Gasteiger charge is -2.37. The summed E-state index contributed by atoms with van der Waals surface area (Å²) < 4.78 is 40.2. The van der Waals surface area contributed by atoms with Gasteiger partial charge in [-0.05, 0) is 36.7 Å². The second-order valence-electron chi connectivity index (χ2n) is 9.07. The van der Waals surface area contributed by atoms with Crippen LogP contribution in [0.15, 0.2) is 48.5 Å². The van der Waals surface area contributed by atoms with Gasteiger partial charge in [-0.3, -0.25) is 0 Å². The number of nitrogens with zero attached hydrogens (tertiary/aromatic N) is 6. The molecule has 10 heteroatoms. The predicted molar refractivity (Wildman–Crippen MR) is 127 cm³/mol. The van der Waals surface area contributed by atoms with Gasteiger partial charge in [-0.25, -0.2) is 0 Å². The van der Waals surface area contributed by atoms with Gasteiger partial charge in [0.25, 0.3) is 0 Å². The molecular weight excluding hydrogens is 457 g/mol. The normalized spacial score (nSPS) is 19.1. The fourth-order valence-corrected chi connectivity index (χ4v) is 4.58. The minimum Gasteiger partial charge on any atom is -0.394 e. The number of benzene rings is 2. The quantitative estimate of drug-likeness (QED) is 0.610. The summed E-state index contributed by atoms with van der Waals surface area (Å²) in [5.41, 5.74) is 1.80. The van der Waals surface area contributed by atoms with E-state index in [1.54, 1.807) is 6.07 Å². The minimum atomic E-state index is -4.47. The maximum absolute atomic E-state index is 13.4. The summed E-state index contributed by atoms with van der Waals surface area (Å²) in [7, 11) is 2.04. The molecule has 3 heterocycles. The molecule has 0 radical (unpaired) electrons. The van der Waals surface area contributed by atoms with Crippen LogP contribution >= 0.6 is 0 Å². The highest BCUT2D eigenvalue weighted by molar-refractivity contribution is 5.60. The molecule has 2 aliphatic rings. The molecule has 184 valence electrons. The van der Waals surface area contributed by atoms with Crippen LogP contribution in [0.5, 0.6) is 0 Å². The number of anilines is 2. The average molecular weight is 485 g/mol. The first-order chi connectivity index (χ1) is 16.8. The lowest BCUT2D eigenvalue weighted by molar-refractivity contribution is -0.137. The first-order valence-electron chi connectivity index (χ1n) is 11.6. The lowest BCUT2D eigenvalue weighted by Crippen LogP contribution is -2.46. The van der Waals surface area contributed by atoms with Gasteiger partial charge in [0.15, 0.2) is 5.82 Å². The zero-order chi connectivity index (χ0) is 24.6. The van der Waals surface area contributed by atoms with Gasteiger partial charge in [-0.15, -0.1) is 0 Å². The molecule has 5 rings (SSSR count). The summed E-state index contributed by atoms with van der Waals surface area (Å²) in [5, 5.41) is 10.2. The molecule has 1 unspecified atom stereocenters. The molecule has 1 fully saturated rings. The molecule has 1 aromatic heterocycles. The zero-order valence-electron chi connectivity index (χ0n) is 19.4. The topological polar surface area (TPSA) is 68.6 Å². The van der Waals surface area contributed by atoms with Crippen molar-refractivity contribution in [2.45, 2.75) is 25.2 Å². The highest BCUT2D eigenvalue weighted by atomic mass is 19.4. The van der Waals surface area contributed by atoms with E-state index in [4.69, 9.17) is 4.98 Å². The van der Waals surface area contributed by atoms with E-state index >= 15 is 0 Å². The Morgan fingerprint density at radius 3 is 2.34 bits per heavy atom. The first-order valence-corrected chi connectivity index (χ1v) is 11.6. The van der Waals surface area contributed by atoms with Crippen LogP contribution in [0.1, 0.15) is 16.7 Å². The molecule has 35 heavy (non-hydrogen) atoms. The summed E-state index contributed by atoms with van der Waals surface area (Å²) in [6.07, 6.45) is -3.84. The van der Waals surface area contributed by atoms with E-state index < -0.39 is 11.7 Å². The van der Waals surface area contributed by atoms with Crippen molar-refractivity contribution in [1.82, 2.24) is 19.9 Å². The number of likely N-dealkylation sites (N-methyl/N-ethyl adjacent to an activating group) is 1. The van der Waals surface area contributed by atoms with Gasteiger partial charge in [-0.1, -0.05) is 36.4 Å². The smallest absolute Gasteiger partial charge is 0.394 e. The number of fused-ring (bicyclic) bond motifs is 1. The van der Waals surface area contributed by atoms with Gasteiger partial charge in [0.1, 0.15) is 0 Å². The van der Waals surface area contributed by atoms with Crippen LogP contribution in [-0.2, 0) is 19.1 Å². The van der Waals surface area contributed by atoms with Crippen molar-refractivity contribution in [3.8, 4) is 11.4 Å². The molecular formula is C25H27F3N6O. The van der Waals surface area contributed by atoms with Crippen molar-refractivity contribution in [3.05, 3.63) is 65.2 Å². The Balaban J connectivity index is 1.59. The number of rotatable bonds is 4. The van der Waals surface area contributed by atoms with E-state index in [2.05, 4.69) is 14.9 Å². The summed E-state index contributed by atoms with van der Waals surface area (Å²) in [5.74, 6) is 0.978. The molecule has 0 bridgehead atoms. The summed E-state index contributed by atoms with van der Waals surface area (Å²) in [4.78, 5) is 20.1. The Bertz CT molecular complexity index is 1200. The SMILES string of the molecule is CN1CCN(c2nc(-c3cccc(C(F)(F)F)c3)nc(N3Cc4ccccc4CC3CO)n2)CC1. The van der Waals surface area contributed by atoms with E-state index in [1.807, 2.05) is 41.1 Å². The number of aromatic nitrogens is 3. The Kier molecular flexibility index (Phi) is 6.33. The van der Waals surface area contributed by atoms with Crippen LogP contribution in [-0.4, -0.2) is 70.8 Å². The molecule has 0 amide bonds. The second kappa shape index (κ2) is 9.43. The maximum atomic E-state index is 13.4. The van der Waals surface area contributed by atoms with E-state index in [9.17, 15) is 18.3 Å². The molecule has 3 aromatic rings. The summed E-state index contributed by atoms with van der Waals surface area (Å²) in [6.45, 7) is 3.47. The standard InChI is InChI=1S/C25H27F3N6O/c1-32-9-11-33(12-10-32)23-29-22(18-7-4-8-20(13-18)25(26,27)28)30-24(31-23)34-15-19-6-3-2-5-17(19)14-21(34)16-35/h2-8,13,21,35H,9-12,14-16H2,1H3. The third-order valence-electron chi connectivity index (χ3n) is 6.67. The largest absolute Gasteiger partial charge is 0.416 e. The Hall–Kier alpha value is -3.24. The van der Waals surface area contributed by atoms with Crippen LogP contribution in [0, 0.1) is 0 Å². The third-order valence-corrected chi connectivity index (χ3v) is 6.67. The number of piperazine rings is 1. The van der Waals surface area contributed by atoms with Crippen LogP contribution in [0.4, 0.5) is 25.1 Å². The van der Waals surface area contributed by atoms with Gasteiger partial charge in [0, 0.05) is 38.3 Å². The zero-order valence-corrected chi connectivity index (χ0v) is 19.4. The average Bonchev–Trinajstić information content (AvgIpc) is 2.87. The van der Waals surface area contributed by atoms with E-state index in [0.717, 1.165) is 36.3 Å². The van der Waals surface area contributed by atoms with E-state index in [0.29, 0.717) is 38.0 Å². The molecule has 2 aromatic carbocycles. The van der Waals surface area contributed by atoms with E-state index in [1.165, 1.54) is 6.07 Å². The predicted octanol–water partition coefficient (Wildman–Crippen LogP) is 3.23. The highest BCUT2D eigenvalue weighted by Crippen LogP contribution is 2.33. The van der Waals surface area contributed by atoms with Crippen molar-refractivity contribution in [3.63, 3.8) is 0 Å². The fourth-order valence-electron chi connectivity index (χ4n) is 4.58. The van der Waals surface area contributed by atoms with Crippen molar-refractivity contribution >= 4 is 11.9 Å². The van der Waals surface area contributed by atoms with Crippen molar-refractivity contribution < 1.29 is 18.3 Å². The number of aliphatic hydroxyl groups is 1. The number of halogens is 3. The monoisotopic (exact) mass is 484 g/mol. The molecule has 7 nitrogen and oxygen atoms in total. The molecule has 0 saturated carbocycles. The van der Waals surface area contributed by atoms with Gasteiger partial charge in [0.05, 0.1) is 18.2 Å². The molecule has 1 saturated heterocycles. The second-order valence-corrected chi connectivity index (χ2v) is 9.07. The van der Waals surface area contributed by atoms with E-state index in [-0.39, 0.29) is 24.0 Å². The molecule has 0 spiro atoms. The van der Waals surface area contributed by atoms with Crippen molar-refractivity contribution in [2.24, 2.45) is 0 Å². The molecule has 0 aliphatic carbocycles. The van der Waals surface area contributed by atoms with Gasteiger partial charge in [-0.2, -0.15) is 28.1 Å². The summed E-state index contributed by atoms with van der Waals surface area (Å²) >= 11 is 0. The molecule has 1 atom stereocenters. The number of hydrogen-bond acceptors (Lipinski definition) is 7. The van der Waals surface area contributed by atoms with Crippen molar-refractivity contribution in [2.75, 3.05) is 49.6 Å². The first kappa shape index (κ1) is 23.5. The van der Waals surface area contributed by atoms with Gasteiger partial charge >= 0.3 is 6.18 Å². The van der Waals surface area contributed by atoms with Gasteiger partial charge in [0.2, 0.25) is 11.9 Å². The molecule has 1 N–H and O–H groups in total. The third kappa shape index (κ3) is 4.94. The van der Waals surface area contributed by atoms with Crippen molar-refractivity contribution in [1.29, 1.82) is 0 Å². The maximum Gasteiger partial charge on any atom is 0.416 e. The minimum absolute atomic E-state index is 0.0945. The number of aliphatic hydroxyl groups excluding tert-OH is 1. The Morgan fingerprint density at radius 1 is 0.914 bits per heavy atom. The molecule has 2 aliphatic heterocycles. The highest BCUT2D eigenvalue weighted by Gasteiger charge is 2.32. The lowest BCUT2D eigenvalue weighted by atomic mass is 9.94. The number of alkyl halides is 3. The Morgan fingerprint density at radius 2 is 1.63 bits per heavy atom. The summed E-state index contributed by atoms with van der Waals surface area (Å²) in [6, 6.07) is 12.8. The fraction of sp³-hybridized carbons (Fsp3) is 0.400. The number of hydrogen-bond donors (Lipinski definition) is 1. The Labute approximate surface area is 201 Å². The van der Waals surface area contributed by atoms with Crippen LogP contribution < -0.4 is 9.80 Å². The van der Waals surface area contributed by atoms with Crippen LogP contribution in [0.25, 0.3) is 11.4 Å². The van der Waals surface area contributed by atoms with Gasteiger partial charge < -0.3 is 19.8 Å². The van der Waals surface area contributed by atoms with Crippen LogP contribution in [0.3, 0.4) is 0 Å².